The van der Waals surface area contributed by atoms with Crippen molar-refractivity contribution in [2.75, 3.05) is 6.54 Å². The van der Waals surface area contributed by atoms with Crippen LogP contribution in [0.3, 0.4) is 0 Å². The summed E-state index contributed by atoms with van der Waals surface area (Å²) in [5, 5.41) is 11.8. The molecule has 2 aliphatic rings. The summed E-state index contributed by atoms with van der Waals surface area (Å²) in [4.78, 5) is 0. The van der Waals surface area contributed by atoms with Crippen LogP contribution in [-0.4, -0.2) is 27.5 Å². The van der Waals surface area contributed by atoms with E-state index < -0.39 is 12.1 Å². The Labute approximate surface area is 115 Å². The Balaban J connectivity index is 1.73. The monoisotopic (exact) mass is 288 g/mol. The molecule has 0 spiro atoms. The molecule has 1 saturated carbocycles. The smallest absolute Gasteiger partial charge is 0.312 e. The quantitative estimate of drug-likeness (QED) is 0.864. The van der Waals surface area contributed by atoms with E-state index in [-0.39, 0.29) is 24.8 Å². The lowest BCUT2D eigenvalue weighted by atomic mass is 9.81. The standard InChI is InChI=1S/C13H19F3N4/c1-8-11-18-19-12(20(11)7-6-17-8)9-2-4-10(5-3-9)13(14,15)16/h8-10,17H,2-7H2,1H3. The Morgan fingerprint density at radius 2 is 1.75 bits per heavy atom. The van der Waals surface area contributed by atoms with Gasteiger partial charge < -0.3 is 9.88 Å². The molecule has 1 aliphatic carbocycles. The predicted molar refractivity (Wildman–Crippen MR) is 67.2 cm³/mol. The topological polar surface area (TPSA) is 42.7 Å². The van der Waals surface area contributed by atoms with Gasteiger partial charge in [-0.25, -0.2) is 0 Å². The van der Waals surface area contributed by atoms with Crippen molar-refractivity contribution in [3.05, 3.63) is 11.6 Å². The zero-order valence-corrected chi connectivity index (χ0v) is 11.5. The molecule has 20 heavy (non-hydrogen) atoms. The predicted octanol–water partition coefficient (Wildman–Crippen LogP) is 2.78. The van der Waals surface area contributed by atoms with Gasteiger partial charge in [-0.1, -0.05) is 0 Å². The van der Waals surface area contributed by atoms with Crippen molar-refractivity contribution in [3.8, 4) is 0 Å². The van der Waals surface area contributed by atoms with Crippen LogP contribution in [0.5, 0.6) is 0 Å². The highest BCUT2D eigenvalue weighted by atomic mass is 19.4. The molecule has 1 aromatic rings. The molecular formula is C13H19F3N4. The summed E-state index contributed by atoms with van der Waals surface area (Å²) < 4.78 is 40.2. The largest absolute Gasteiger partial charge is 0.391 e. The fourth-order valence-corrected chi connectivity index (χ4v) is 3.34. The van der Waals surface area contributed by atoms with E-state index in [1.165, 1.54) is 0 Å². The van der Waals surface area contributed by atoms with Crippen LogP contribution in [0.4, 0.5) is 13.2 Å². The van der Waals surface area contributed by atoms with Crippen LogP contribution in [0.15, 0.2) is 0 Å². The highest BCUT2D eigenvalue weighted by molar-refractivity contribution is 5.08. The third-order valence-electron chi connectivity index (χ3n) is 4.54. The number of rotatable bonds is 1. The van der Waals surface area contributed by atoms with Crippen LogP contribution < -0.4 is 5.32 Å². The minimum absolute atomic E-state index is 0.125. The lowest BCUT2D eigenvalue weighted by molar-refractivity contribution is -0.182. The van der Waals surface area contributed by atoms with E-state index in [2.05, 4.69) is 20.1 Å². The first-order valence-corrected chi connectivity index (χ1v) is 7.20. The fourth-order valence-electron chi connectivity index (χ4n) is 3.34. The van der Waals surface area contributed by atoms with Gasteiger partial charge in [0.05, 0.1) is 12.0 Å². The van der Waals surface area contributed by atoms with Crippen molar-refractivity contribution in [1.29, 1.82) is 0 Å². The van der Waals surface area contributed by atoms with Crippen LogP contribution in [0.25, 0.3) is 0 Å². The number of hydrogen-bond acceptors (Lipinski definition) is 3. The van der Waals surface area contributed by atoms with Gasteiger partial charge in [0.2, 0.25) is 0 Å². The summed E-state index contributed by atoms with van der Waals surface area (Å²) in [5.74, 6) is 0.779. The van der Waals surface area contributed by atoms with E-state index in [4.69, 9.17) is 0 Å². The van der Waals surface area contributed by atoms with Gasteiger partial charge in [-0.05, 0) is 32.6 Å². The minimum Gasteiger partial charge on any atom is -0.312 e. The summed E-state index contributed by atoms with van der Waals surface area (Å²) in [6.45, 7) is 3.70. The number of alkyl halides is 3. The molecule has 0 bridgehead atoms. The first-order chi connectivity index (χ1) is 9.47. The first-order valence-electron chi connectivity index (χ1n) is 7.20. The van der Waals surface area contributed by atoms with Gasteiger partial charge in [0.1, 0.15) is 11.6 Å². The van der Waals surface area contributed by atoms with E-state index in [0.717, 1.165) is 24.7 Å². The molecule has 0 saturated heterocycles. The molecule has 1 N–H and O–H groups in total. The number of aromatic nitrogens is 3. The van der Waals surface area contributed by atoms with Crippen LogP contribution in [-0.2, 0) is 6.54 Å². The molecule has 1 aromatic heterocycles. The zero-order chi connectivity index (χ0) is 14.3. The Kier molecular flexibility index (Phi) is 3.48. The molecule has 112 valence electrons. The molecule has 0 amide bonds. The van der Waals surface area contributed by atoms with Gasteiger partial charge in [0, 0.05) is 19.0 Å². The second-order valence-electron chi connectivity index (χ2n) is 5.83. The number of fused-ring (bicyclic) bond motifs is 1. The Morgan fingerprint density at radius 3 is 2.40 bits per heavy atom. The van der Waals surface area contributed by atoms with Crippen LogP contribution in [0, 0.1) is 5.92 Å². The van der Waals surface area contributed by atoms with Gasteiger partial charge >= 0.3 is 6.18 Å². The number of halogens is 3. The Hall–Kier alpha value is -1.11. The first kappa shape index (κ1) is 13.9. The van der Waals surface area contributed by atoms with Crippen molar-refractivity contribution in [2.45, 2.75) is 57.3 Å². The van der Waals surface area contributed by atoms with Crippen LogP contribution in [0.2, 0.25) is 0 Å². The lowest BCUT2D eigenvalue weighted by Crippen LogP contribution is -2.33. The van der Waals surface area contributed by atoms with Gasteiger partial charge in [0.25, 0.3) is 0 Å². The average Bonchev–Trinajstić information content (AvgIpc) is 2.83. The third kappa shape index (κ3) is 2.43. The van der Waals surface area contributed by atoms with Crippen LogP contribution in [0.1, 0.15) is 56.2 Å². The normalized spacial score (nSPS) is 31.1. The van der Waals surface area contributed by atoms with Gasteiger partial charge in [-0.2, -0.15) is 13.2 Å². The molecule has 1 atom stereocenters. The number of nitrogens with one attached hydrogen (secondary N) is 1. The molecule has 2 heterocycles. The van der Waals surface area contributed by atoms with Gasteiger partial charge in [-0.3, -0.25) is 0 Å². The van der Waals surface area contributed by atoms with Crippen molar-refractivity contribution in [3.63, 3.8) is 0 Å². The SMILES string of the molecule is CC1NCCn2c(C3CCC(C(F)(F)F)CC3)nnc21. The maximum absolute atomic E-state index is 12.7. The minimum atomic E-state index is -4.05. The molecule has 3 rings (SSSR count). The third-order valence-corrected chi connectivity index (χ3v) is 4.54. The Morgan fingerprint density at radius 1 is 1.10 bits per heavy atom. The van der Waals surface area contributed by atoms with E-state index >= 15 is 0 Å². The summed E-state index contributed by atoms with van der Waals surface area (Å²) in [5.41, 5.74) is 0. The Bertz CT molecular complexity index is 474. The zero-order valence-electron chi connectivity index (χ0n) is 11.5. The van der Waals surface area contributed by atoms with Crippen molar-refractivity contribution in [2.24, 2.45) is 5.92 Å². The van der Waals surface area contributed by atoms with Crippen molar-refractivity contribution >= 4 is 0 Å². The van der Waals surface area contributed by atoms with Crippen molar-refractivity contribution < 1.29 is 13.2 Å². The van der Waals surface area contributed by atoms with E-state index in [0.29, 0.717) is 12.8 Å². The summed E-state index contributed by atoms with van der Waals surface area (Å²) in [7, 11) is 0. The maximum atomic E-state index is 12.7. The number of nitrogens with zero attached hydrogens (tertiary/aromatic N) is 3. The van der Waals surface area contributed by atoms with Crippen LogP contribution >= 0.6 is 0 Å². The van der Waals surface area contributed by atoms with Gasteiger partial charge in [-0.15, -0.1) is 10.2 Å². The molecule has 1 fully saturated rings. The maximum Gasteiger partial charge on any atom is 0.391 e. The molecule has 7 heteroatoms. The second kappa shape index (κ2) is 5.02. The lowest BCUT2D eigenvalue weighted by Gasteiger charge is -2.30. The molecule has 0 radical (unpaired) electrons. The molecule has 0 aromatic carbocycles. The summed E-state index contributed by atoms with van der Waals surface area (Å²) in [6, 6.07) is 0.163. The van der Waals surface area contributed by atoms with E-state index in [9.17, 15) is 13.2 Å². The molecule has 1 unspecified atom stereocenters. The van der Waals surface area contributed by atoms with Crippen molar-refractivity contribution in [1.82, 2.24) is 20.1 Å². The molecule has 1 aliphatic heterocycles. The summed E-state index contributed by atoms with van der Waals surface area (Å²) >= 11 is 0. The molecule has 4 nitrogen and oxygen atoms in total. The highest BCUT2D eigenvalue weighted by Crippen LogP contribution is 2.42. The number of hydrogen-bond donors (Lipinski definition) is 1. The van der Waals surface area contributed by atoms with E-state index in [1.807, 2.05) is 6.92 Å². The second-order valence-corrected chi connectivity index (χ2v) is 5.83. The van der Waals surface area contributed by atoms with E-state index in [1.54, 1.807) is 0 Å². The molecular weight excluding hydrogens is 269 g/mol. The highest BCUT2D eigenvalue weighted by Gasteiger charge is 2.42. The summed E-state index contributed by atoms with van der Waals surface area (Å²) in [6.07, 6.45) is -2.50. The average molecular weight is 288 g/mol. The fraction of sp³-hybridized carbons (Fsp3) is 0.846. The van der Waals surface area contributed by atoms with Gasteiger partial charge in [0.15, 0.2) is 0 Å².